The maximum Gasteiger partial charge on any atom is 0.500 e. The van der Waals surface area contributed by atoms with E-state index in [1.165, 1.54) is 19.3 Å². The largest absolute Gasteiger partial charge is 0.500 e. The molecule has 36 heavy (non-hydrogen) atoms. The van der Waals surface area contributed by atoms with E-state index in [-0.39, 0.29) is 0 Å². The van der Waals surface area contributed by atoms with E-state index in [1.807, 2.05) is 0 Å². The van der Waals surface area contributed by atoms with Gasteiger partial charge in [0, 0.05) is 53.7 Å². The molecule has 0 rings (SSSR count). The van der Waals surface area contributed by atoms with Gasteiger partial charge < -0.3 is 43.6 Å². The Hall–Kier alpha value is -0.143. The fourth-order valence-corrected chi connectivity index (χ4v) is 5.63. The summed E-state index contributed by atoms with van der Waals surface area (Å²) in [6, 6.07) is 0.688. The van der Waals surface area contributed by atoms with Crippen LogP contribution in [-0.4, -0.2) is 105 Å². The predicted molar refractivity (Wildman–Crippen MR) is 147 cm³/mol. The van der Waals surface area contributed by atoms with Crippen molar-refractivity contribution in [3.05, 3.63) is 0 Å². The molecule has 0 aromatic heterocycles. The zero-order valence-electron chi connectivity index (χ0n) is 23.9. The normalized spacial score (nSPS) is 14.8. The Morgan fingerprint density at radius 3 is 1.75 bits per heavy atom. The Kier molecular flexibility index (Phi) is 25.1. The molecule has 0 aromatic rings. The third kappa shape index (κ3) is 19.9. The Labute approximate surface area is 222 Å². The lowest BCUT2D eigenvalue weighted by molar-refractivity contribution is 0.0194. The number of aliphatic hydroxyl groups excluding tert-OH is 2. The summed E-state index contributed by atoms with van der Waals surface area (Å²) in [4.78, 5) is 0. The van der Waals surface area contributed by atoms with Gasteiger partial charge in [0.2, 0.25) is 0 Å². The summed E-state index contributed by atoms with van der Waals surface area (Å²) >= 11 is 0. The van der Waals surface area contributed by atoms with Crippen molar-refractivity contribution in [2.45, 2.75) is 89.9 Å². The Morgan fingerprint density at radius 2 is 1.25 bits per heavy atom. The van der Waals surface area contributed by atoms with Crippen molar-refractivity contribution in [1.29, 1.82) is 0 Å². The van der Waals surface area contributed by atoms with Gasteiger partial charge in [-0.15, -0.1) is 0 Å². The van der Waals surface area contributed by atoms with Crippen LogP contribution in [-0.2, 0) is 22.8 Å². The van der Waals surface area contributed by atoms with Crippen LogP contribution >= 0.6 is 0 Å². The summed E-state index contributed by atoms with van der Waals surface area (Å²) in [5.41, 5.74) is 0. The second-order valence-electron chi connectivity index (χ2n) is 9.56. The molecular formula is C26H58N2O7Si. The molecule has 0 aliphatic rings. The van der Waals surface area contributed by atoms with E-state index >= 15 is 0 Å². The van der Waals surface area contributed by atoms with E-state index in [9.17, 15) is 10.2 Å². The van der Waals surface area contributed by atoms with Gasteiger partial charge in [-0.2, -0.15) is 0 Å². The van der Waals surface area contributed by atoms with E-state index < -0.39 is 21.0 Å². The minimum Gasteiger partial charge on any atom is -0.389 e. The number of rotatable bonds is 28. The van der Waals surface area contributed by atoms with Gasteiger partial charge in [-0.3, -0.25) is 0 Å². The van der Waals surface area contributed by atoms with E-state index in [4.69, 9.17) is 22.8 Å². The average molecular weight is 539 g/mol. The summed E-state index contributed by atoms with van der Waals surface area (Å²) < 4.78 is 27.4. The zero-order chi connectivity index (χ0) is 26.9. The Bertz CT molecular complexity index is 454. The molecule has 3 unspecified atom stereocenters. The van der Waals surface area contributed by atoms with Gasteiger partial charge in [0.15, 0.2) is 0 Å². The average Bonchev–Trinajstić information content (AvgIpc) is 2.89. The van der Waals surface area contributed by atoms with Crippen molar-refractivity contribution in [2.24, 2.45) is 5.92 Å². The number of ether oxygens (including phenoxy) is 2. The molecule has 0 heterocycles. The third-order valence-electron chi connectivity index (χ3n) is 6.44. The molecule has 0 fully saturated rings. The number of hydrogen-bond acceptors (Lipinski definition) is 9. The van der Waals surface area contributed by atoms with Crippen LogP contribution in [0.2, 0.25) is 6.04 Å². The van der Waals surface area contributed by atoms with E-state index in [2.05, 4.69) is 24.5 Å². The van der Waals surface area contributed by atoms with Crippen molar-refractivity contribution < 1.29 is 33.0 Å². The van der Waals surface area contributed by atoms with Gasteiger partial charge in [0.05, 0.1) is 25.4 Å². The molecule has 218 valence electrons. The SMILES string of the molecule is CCCCC(CC)COCC(O)CNCCCCCCNCC(O)COCCC[Si](OC)(OC)OC. The highest BCUT2D eigenvalue weighted by Crippen LogP contribution is 2.15. The quantitative estimate of drug-likeness (QED) is 0.0882. The standard InChI is InChI=1S/C26H58N2O7Si/c1-6-8-14-24(7-2)21-35-23-26(30)20-28-16-12-10-9-11-15-27-19-25(29)22-34-17-13-18-36(31-3,32-4)33-5/h24-30H,6-23H2,1-5H3. The van der Waals surface area contributed by atoms with Crippen molar-refractivity contribution in [3.63, 3.8) is 0 Å². The molecule has 0 saturated heterocycles. The van der Waals surface area contributed by atoms with E-state index in [0.29, 0.717) is 44.9 Å². The van der Waals surface area contributed by atoms with Crippen LogP contribution in [0.4, 0.5) is 0 Å². The van der Waals surface area contributed by atoms with Crippen molar-refractivity contribution >= 4 is 8.80 Å². The number of aliphatic hydroxyl groups is 2. The van der Waals surface area contributed by atoms with Crippen molar-refractivity contribution in [3.8, 4) is 0 Å². The van der Waals surface area contributed by atoms with Gasteiger partial charge in [-0.05, 0) is 44.7 Å². The zero-order valence-corrected chi connectivity index (χ0v) is 24.9. The number of nitrogens with one attached hydrogen (secondary N) is 2. The minimum atomic E-state index is -2.53. The lowest BCUT2D eigenvalue weighted by atomic mass is 10.0. The van der Waals surface area contributed by atoms with Crippen LogP contribution in [0.15, 0.2) is 0 Å². The first-order chi connectivity index (χ1) is 17.5. The molecule has 0 bridgehead atoms. The summed E-state index contributed by atoms with van der Waals surface area (Å²) in [5.74, 6) is 0.614. The fraction of sp³-hybridized carbons (Fsp3) is 1.00. The van der Waals surface area contributed by atoms with Gasteiger partial charge in [0.25, 0.3) is 0 Å². The maximum atomic E-state index is 10.1. The van der Waals surface area contributed by atoms with Gasteiger partial charge >= 0.3 is 8.80 Å². The molecule has 0 amide bonds. The van der Waals surface area contributed by atoms with Crippen LogP contribution in [0.25, 0.3) is 0 Å². The van der Waals surface area contributed by atoms with Crippen molar-refractivity contribution in [2.75, 3.05) is 73.9 Å². The molecule has 0 spiro atoms. The third-order valence-corrected chi connectivity index (χ3v) is 9.27. The first kappa shape index (κ1) is 35.9. The number of hydrogen-bond donors (Lipinski definition) is 4. The topological polar surface area (TPSA) is 111 Å². The highest BCUT2D eigenvalue weighted by Gasteiger charge is 2.36. The summed E-state index contributed by atoms with van der Waals surface area (Å²) in [5, 5.41) is 26.7. The molecule has 0 radical (unpaired) electrons. The Balaban J connectivity index is 3.48. The van der Waals surface area contributed by atoms with E-state index in [1.54, 1.807) is 21.3 Å². The highest BCUT2D eigenvalue weighted by atomic mass is 28.4. The summed E-state index contributed by atoms with van der Waals surface area (Å²) in [6.45, 7) is 9.37. The smallest absolute Gasteiger partial charge is 0.389 e. The first-order valence-corrected chi connectivity index (χ1v) is 16.0. The second kappa shape index (κ2) is 25.2. The van der Waals surface area contributed by atoms with Crippen LogP contribution in [0, 0.1) is 5.92 Å². The fourth-order valence-electron chi connectivity index (χ4n) is 3.94. The molecule has 10 heteroatoms. The molecule has 9 nitrogen and oxygen atoms in total. The summed E-state index contributed by atoms with van der Waals surface area (Å²) in [6.07, 6.45) is 9.12. The van der Waals surface area contributed by atoms with Crippen molar-refractivity contribution in [1.82, 2.24) is 10.6 Å². The monoisotopic (exact) mass is 538 g/mol. The van der Waals surface area contributed by atoms with Gasteiger partial charge in [-0.1, -0.05) is 46.0 Å². The first-order valence-electron chi connectivity index (χ1n) is 14.0. The summed E-state index contributed by atoms with van der Waals surface area (Å²) in [7, 11) is 2.28. The lowest BCUT2D eigenvalue weighted by Gasteiger charge is -2.24. The second-order valence-corrected chi connectivity index (χ2v) is 12.6. The molecule has 0 aliphatic carbocycles. The molecule has 4 N–H and O–H groups in total. The lowest BCUT2D eigenvalue weighted by Crippen LogP contribution is -2.42. The van der Waals surface area contributed by atoms with Gasteiger partial charge in [-0.25, -0.2) is 0 Å². The molecule has 3 atom stereocenters. The van der Waals surface area contributed by atoms with Crippen LogP contribution in [0.5, 0.6) is 0 Å². The van der Waals surface area contributed by atoms with Crippen LogP contribution in [0.1, 0.15) is 71.6 Å². The maximum absolute atomic E-state index is 10.1. The molecular weight excluding hydrogens is 480 g/mol. The predicted octanol–water partition coefficient (Wildman–Crippen LogP) is 2.97. The van der Waals surface area contributed by atoms with E-state index in [0.717, 1.165) is 58.2 Å². The highest BCUT2D eigenvalue weighted by molar-refractivity contribution is 6.60. The van der Waals surface area contributed by atoms with Crippen LogP contribution in [0.3, 0.4) is 0 Å². The number of unbranched alkanes of at least 4 members (excludes halogenated alkanes) is 4. The van der Waals surface area contributed by atoms with Crippen LogP contribution < -0.4 is 10.6 Å². The Morgan fingerprint density at radius 1 is 0.694 bits per heavy atom. The molecule has 0 saturated carbocycles. The molecule has 0 aromatic carbocycles. The van der Waals surface area contributed by atoms with Gasteiger partial charge in [0.1, 0.15) is 0 Å². The molecule has 0 aliphatic heterocycles. The minimum absolute atomic E-state index is 0.315.